The quantitative estimate of drug-likeness (QED) is 0.116. The second-order valence-corrected chi connectivity index (χ2v) is 14.6. The van der Waals surface area contributed by atoms with E-state index in [1.165, 1.54) is 88.1 Å². The van der Waals surface area contributed by atoms with Crippen LogP contribution in [0.25, 0.3) is 0 Å². The van der Waals surface area contributed by atoms with Crippen molar-refractivity contribution in [2.24, 2.45) is 0 Å². The molecule has 0 fully saturated rings. The van der Waals surface area contributed by atoms with E-state index in [0.717, 1.165) is 18.8 Å². The highest BCUT2D eigenvalue weighted by atomic mass is 32.2. The fourth-order valence-electron chi connectivity index (χ4n) is 3.54. The zero-order chi connectivity index (χ0) is 20.9. The Morgan fingerprint density at radius 3 is 1.71 bits per heavy atom. The van der Waals surface area contributed by atoms with E-state index in [9.17, 15) is 0 Å². The van der Waals surface area contributed by atoms with Crippen molar-refractivity contribution in [2.75, 3.05) is 18.1 Å². The van der Waals surface area contributed by atoms with Crippen molar-refractivity contribution in [1.82, 2.24) is 0 Å². The van der Waals surface area contributed by atoms with Crippen LogP contribution < -0.4 is 0 Å². The summed E-state index contributed by atoms with van der Waals surface area (Å²) in [5.41, 5.74) is 3.72. The summed E-state index contributed by atoms with van der Waals surface area (Å²) in [7, 11) is -1.20. The van der Waals surface area contributed by atoms with E-state index in [1.54, 1.807) is 0 Å². The maximum atomic E-state index is 5.56. The predicted octanol–water partition coefficient (Wildman–Crippen LogP) is 8.49. The van der Waals surface area contributed by atoms with Crippen LogP contribution in [-0.4, -0.2) is 32.3 Å². The smallest absolute Gasteiger partial charge is 0.137 e. The molecule has 0 rings (SSSR count). The lowest BCUT2D eigenvalue weighted by Gasteiger charge is -2.20. The van der Waals surface area contributed by atoms with Gasteiger partial charge in [0.05, 0.1) is 12.7 Å². The van der Waals surface area contributed by atoms with Gasteiger partial charge in [0.2, 0.25) is 0 Å². The molecule has 0 aliphatic carbocycles. The molecule has 0 atom stereocenters. The minimum absolute atomic E-state index is 0.378. The monoisotopic (exact) mass is 426 g/mol. The second-order valence-electron chi connectivity index (χ2n) is 8.46. The molecule has 0 saturated carbocycles. The topological polar surface area (TPSA) is 9.23 Å². The third kappa shape index (κ3) is 17.0. The van der Waals surface area contributed by atoms with Crippen LogP contribution in [0.1, 0.15) is 105 Å². The number of thioether (sulfide) groups is 1. The van der Waals surface area contributed by atoms with Gasteiger partial charge in [0.25, 0.3) is 0 Å². The van der Waals surface area contributed by atoms with Gasteiger partial charge in [-0.1, -0.05) is 72.1 Å². The van der Waals surface area contributed by atoms with Gasteiger partial charge in [0.1, 0.15) is 8.07 Å². The third-order valence-electron chi connectivity index (χ3n) is 5.90. The van der Waals surface area contributed by atoms with E-state index in [-0.39, 0.29) is 0 Å². The van der Waals surface area contributed by atoms with Gasteiger partial charge in [0.15, 0.2) is 0 Å². The molecule has 0 aliphatic rings. The van der Waals surface area contributed by atoms with Gasteiger partial charge >= 0.3 is 0 Å². The van der Waals surface area contributed by atoms with E-state index < -0.39 is 8.07 Å². The van der Waals surface area contributed by atoms with Crippen molar-refractivity contribution >= 4 is 19.8 Å². The first-order chi connectivity index (χ1) is 13.6. The van der Waals surface area contributed by atoms with Gasteiger partial charge in [0, 0.05) is 12.2 Å². The Labute approximate surface area is 183 Å². The molecule has 28 heavy (non-hydrogen) atoms. The van der Waals surface area contributed by atoms with Gasteiger partial charge < -0.3 is 4.74 Å². The molecular weight excluding hydrogens is 376 g/mol. The van der Waals surface area contributed by atoms with Crippen LogP contribution in [0.3, 0.4) is 0 Å². The molecule has 0 N–H and O–H groups in total. The third-order valence-corrected chi connectivity index (χ3v) is 11.7. The number of ether oxygens (including phenoxy) is 1. The van der Waals surface area contributed by atoms with Crippen molar-refractivity contribution in [1.29, 1.82) is 0 Å². The summed E-state index contributed by atoms with van der Waals surface area (Å²) in [5.74, 6) is 6.00. The molecule has 0 bridgehead atoms. The fourth-order valence-corrected chi connectivity index (χ4v) is 6.90. The van der Waals surface area contributed by atoms with Gasteiger partial charge in [-0.2, -0.15) is 11.8 Å². The molecule has 0 unspecified atom stereocenters. The second kappa shape index (κ2) is 20.4. The van der Waals surface area contributed by atoms with E-state index in [2.05, 4.69) is 57.8 Å². The van der Waals surface area contributed by atoms with Crippen molar-refractivity contribution in [3.8, 4) is 11.5 Å². The van der Waals surface area contributed by atoms with Crippen LogP contribution in [0.15, 0.2) is 0 Å². The van der Waals surface area contributed by atoms with Gasteiger partial charge in [-0.05, 0) is 50.6 Å². The Kier molecular flexibility index (Phi) is 20.4. The van der Waals surface area contributed by atoms with E-state index in [1.807, 2.05) is 0 Å². The molecule has 0 heterocycles. The summed E-state index contributed by atoms with van der Waals surface area (Å²) >= 11 is 2.05. The highest BCUT2D eigenvalue weighted by molar-refractivity contribution is 7.99. The minimum atomic E-state index is -1.20. The average Bonchev–Trinajstić information content (AvgIpc) is 2.70. The summed E-state index contributed by atoms with van der Waals surface area (Å²) in [6.45, 7) is 12.2. The van der Waals surface area contributed by atoms with E-state index in [0.29, 0.717) is 6.10 Å². The molecule has 1 nitrogen and oxygen atoms in total. The van der Waals surface area contributed by atoms with Crippen LogP contribution in [0, 0.1) is 11.5 Å². The fraction of sp³-hybridized carbons (Fsp3) is 0.920. The number of rotatable bonds is 19. The summed E-state index contributed by atoms with van der Waals surface area (Å²) in [6.07, 6.45) is 15.6. The van der Waals surface area contributed by atoms with Gasteiger partial charge in [-0.3, -0.25) is 0 Å². The largest absolute Gasteiger partial charge is 0.378 e. The number of unbranched alkanes of at least 4 members (excludes halogenated alkanes) is 10. The maximum Gasteiger partial charge on any atom is 0.137 e. The van der Waals surface area contributed by atoms with Crippen molar-refractivity contribution < 1.29 is 4.74 Å². The Morgan fingerprint density at radius 1 is 0.714 bits per heavy atom. The van der Waals surface area contributed by atoms with Crippen LogP contribution in [0.2, 0.25) is 18.1 Å². The SMILES string of the molecule is CC[Si](C#CCCCCCCCCCCCCSCCOC(C)C)(CC)CC. The normalized spacial score (nSPS) is 11.6. The molecule has 0 aromatic carbocycles. The summed E-state index contributed by atoms with van der Waals surface area (Å²) in [4.78, 5) is 0. The van der Waals surface area contributed by atoms with Crippen LogP contribution in [-0.2, 0) is 4.74 Å². The lowest BCUT2D eigenvalue weighted by molar-refractivity contribution is 0.0920. The molecule has 0 aromatic rings. The van der Waals surface area contributed by atoms with Gasteiger partial charge in [-0.25, -0.2) is 0 Å². The summed E-state index contributed by atoms with van der Waals surface area (Å²) in [6, 6.07) is 4.00. The Bertz CT molecular complexity index is 373. The standard InChI is InChI=1S/C25H50OSSi/c1-6-28(7-2,8-3)24-20-18-16-14-12-10-9-11-13-15-17-19-22-27-23-21-26-25(4)5/h25H,6-19,21-23H2,1-5H3. The first-order valence-electron chi connectivity index (χ1n) is 12.3. The maximum absolute atomic E-state index is 5.56. The average molecular weight is 427 g/mol. The minimum Gasteiger partial charge on any atom is -0.378 e. The molecule has 0 amide bonds. The van der Waals surface area contributed by atoms with Crippen molar-refractivity contribution in [3.63, 3.8) is 0 Å². The molecule has 166 valence electrons. The molecule has 0 radical (unpaired) electrons. The zero-order valence-corrected chi connectivity index (χ0v) is 21.7. The van der Waals surface area contributed by atoms with Crippen LogP contribution >= 0.6 is 11.8 Å². The number of hydrogen-bond donors (Lipinski definition) is 0. The van der Waals surface area contributed by atoms with Crippen LogP contribution in [0.5, 0.6) is 0 Å². The first kappa shape index (κ1) is 28.1. The zero-order valence-electron chi connectivity index (χ0n) is 19.9. The lowest BCUT2D eigenvalue weighted by atomic mass is 10.1. The highest BCUT2D eigenvalue weighted by Gasteiger charge is 2.23. The number of hydrogen-bond acceptors (Lipinski definition) is 2. The predicted molar refractivity (Wildman–Crippen MR) is 134 cm³/mol. The highest BCUT2D eigenvalue weighted by Crippen LogP contribution is 2.19. The molecule has 0 aliphatic heterocycles. The Balaban J connectivity index is 3.31. The van der Waals surface area contributed by atoms with E-state index >= 15 is 0 Å². The van der Waals surface area contributed by atoms with Crippen molar-refractivity contribution in [3.05, 3.63) is 0 Å². The molecule has 0 spiro atoms. The molecule has 0 saturated heterocycles. The summed E-state index contributed by atoms with van der Waals surface area (Å²) in [5, 5.41) is 0. The first-order valence-corrected chi connectivity index (χ1v) is 16.1. The lowest BCUT2D eigenvalue weighted by Crippen LogP contribution is -2.29. The summed E-state index contributed by atoms with van der Waals surface area (Å²) < 4.78 is 5.56. The Hall–Kier alpha value is 0.0869. The molecule has 0 aromatic heterocycles. The van der Waals surface area contributed by atoms with Crippen molar-refractivity contribution in [2.45, 2.75) is 129 Å². The molecular formula is C25H50OSSi. The van der Waals surface area contributed by atoms with Crippen LogP contribution in [0.4, 0.5) is 0 Å². The molecule has 3 heteroatoms. The van der Waals surface area contributed by atoms with E-state index in [4.69, 9.17) is 4.74 Å². The Morgan fingerprint density at radius 2 is 1.21 bits per heavy atom. The van der Waals surface area contributed by atoms with Gasteiger partial charge in [-0.15, -0.1) is 11.5 Å².